The summed E-state index contributed by atoms with van der Waals surface area (Å²) in [6.45, 7) is 3.58. The van der Waals surface area contributed by atoms with E-state index in [0.29, 0.717) is 5.92 Å². The third-order valence-corrected chi connectivity index (χ3v) is 2.34. The van der Waals surface area contributed by atoms with Gasteiger partial charge in [0.2, 0.25) is 5.91 Å². The molecule has 0 unspecified atom stereocenters. The molecule has 1 rings (SSSR count). The van der Waals surface area contributed by atoms with E-state index in [4.69, 9.17) is 5.11 Å². The molecule has 1 N–H and O–H groups in total. The fourth-order valence-electron chi connectivity index (χ4n) is 1.64. The van der Waals surface area contributed by atoms with Crippen molar-refractivity contribution in [3.05, 3.63) is 12.2 Å². The Kier molecular flexibility index (Phi) is 3.68. The maximum absolute atomic E-state index is 11.4. The zero-order valence-electron chi connectivity index (χ0n) is 8.27. The number of hydrogen-bond donors (Lipinski definition) is 1. The zero-order valence-corrected chi connectivity index (χ0v) is 8.27. The molecule has 0 bridgehead atoms. The Morgan fingerprint density at radius 2 is 2.14 bits per heavy atom. The van der Waals surface area contributed by atoms with Gasteiger partial charge in [-0.2, -0.15) is 0 Å². The first-order valence-corrected chi connectivity index (χ1v) is 4.79. The summed E-state index contributed by atoms with van der Waals surface area (Å²) >= 11 is 0. The monoisotopic (exact) mass is 197 g/mol. The Hall–Kier alpha value is -1.32. The van der Waals surface area contributed by atoms with Crippen LogP contribution in [-0.4, -0.2) is 35.0 Å². The van der Waals surface area contributed by atoms with E-state index in [2.05, 4.69) is 6.92 Å². The second kappa shape index (κ2) is 4.79. The highest BCUT2D eigenvalue weighted by molar-refractivity contribution is 5.93. The molecule has 4 nitrogen and oxygen atoms in total. The van der Waals surface area contributed by atoms with Gasteiger partial charge in [-0.1, -0.05) is 6.92 Å². The second-order valence-electron chi connectivity index (χ2n) is 3.70. The van der Waals surface area contributed by atoms with Crippen LogP contribution in [0, 0.1) is 5.92 Å². The fourth-order valence-corrected chi connectivity index (χ4v) is 1.64. The van der Waals surface area contributed by atoms with E-state index in [9.17, 15) is 9.59 Å². The van der Waals surface area contributed by atoms with Gasteiger partial charge in [0.1, 0.15) is 0 Å². The standard InChI is InChI=1S/C10H15NO3/c1-8-3-2-6-11(7-8)9(12)4-5-10(13)14/h4-5,8H,2-3,6-7H2,1H3,(H,13,14)/b5-4-/t8-/m1/s1. The number of piperidine rings is 1. The van der Waals surface area contributed by atoms with Crippen LogP contribution in [0.25, 0.3) is 0 Å². The van der Waals surface area contributed by atoms with Gasteiger partial charge < -0.3 is 10.0 Å². The molecule has 0 spiro atoms. The minimum Gasteiger partial charge on any atom is -0.478 e. The molecule has 1 aliphatic rings. The summed E-state index contributed by atoms with van der Waals surface area (Å²) < 4.78 is 0. The molecular formula is C10H15NO3. The van der Waals surface area contributed by atoms with Gasteiger partial charge >= 0.3 is 5.97 Å². The van der Waals surface area contributed by atoms with Crippen LogP contribution in [0.5, 0.6) is 0 Å². The maximum atomic E-state index is 11.4. The van der Waals surface area contributed by atoms with Gasteiger partial charge in [0.25, 0.3) is 0 Å². The fraction of sp³-hybridized carbons (Fsp3) is 0.600. The predicted octanol–water partition coefficient (Wildman–Crippen LogP) is 0.886. The molecule has 1 heterocycles. The Morgan fingerprint density at radius 1 is 1.43 bits per heavy atom. The van der Waals surface area contributed by atoms with Crippen molar-refractivity contribution < 1.29 is 14.7 Å². The molecule has 78 valence electrons. The van der Waals surface area contributed by atoms with E-state index in [-0.39, 0.29) is 5.91 Å². The summed E-state index contributed by atoms with van der Waals surface area (Å²) in [6.07, 6.45) is 4.17. The van der Waals surface area contributed by atoms with Crippen LogP contribution < -0.4 is 0 Å². The van der Waals surface area contributed by atoms with E-state index >= 15 is 0 Å². The molecule has 1 saturated heterocycles. The molecule has 1 aliphatic heterocycles. The summed E-state index contributed by atoms with van der Waals surface area (Å²) in [5.74, 6) is -0.756. The number of aliphatic carboxylic acids is 1. The molecule has 4 heteroatoms. The summed E-state index contributed by atoms with van der Waals surface area (Å²) in [5.41, 5.74) is 0. The molecular weight excluding hydrogens is 182 g/mol. The number of likely N-dealkylation sites (tertiary alicyclic amines) is 1. The Bertz CT molecular complexity index is 260. The van der Waals surface area contributed by atoms with Gasteiger partial charge in [-0.15, -0.1) is 0 Å². The minimum absolute atomic E-state index is 0.195. The number of carbonyl (C=O) groups excluding carboxylic acids is 1. The van der Waals surface area contributed by atoms with Crippen LogP contribution in [0.15, 0.2) is 12.2 Å². The average Bonchev–Trinajstić information content (AvgIpc) is 2.14. The Labute approximate surface area is 83.2 Å². The third-order valence-electron chi connectivity index (χ3n) is 2.34. The molecule has 0 radical (unpaired) electrons. The molecule has 0 aliphatic carbocycles. The van der Waals surface area contributed by atoms with Crippen molar-refractivity contribution in [2.45, 2.75) is 19.8 Å². The number of rotatable bonds is 2. The van der Waals surface area contributed by atoms with Crippen LogP contribution in [0.4, 0.5) is 0 Å². The molecule has 1 atom stereocenters. The molecule has 0 aromatic heterocycles. The van der Waals surface area contributed by atoms with Gasteiger partial charge in [-0.05, 0) is 18.8 Å². The number of carboxylic acid groups (broad SMARTS) is 1. The van der Waals surface area contributed by atoms with Crippen molar-refractivity contribution in [2.75, 3.05) is 13.1 Å². The highest BCUT2D eigenvalue weighted by Gasteiger charge is 2.18. The first-order chi connectivity index (χ1) is 6.59. The Morgan fingerprint density at radius 3 is 2.71 bits per heavy atom. The van der Waals surface area contributed by atoms with Crippen LogP contribution in [-0.2, 0) is 9.59 Å². The lowest BCUT2D eigenvalue weighted by Crippen LogP contribution is -2.38. The molecule has 0 aromatic carbocycles. The van der Waals surface area contributed by atoms with Gasteiger partial charge in [0.05, 0.1) is 0 Å². The zero-order chi connectivity index (χ0) is 10.6. The van der Waals surface area contributed by atoms with E-state index in [1.54, 1.807) is 4.90 Å². The minimum atomic E-state index is -1.08. The number of carboxylic acids is 1. The first kappa shape index (κ1) is 10.8. The first-order valence-electron chi connectivity index (χ1n) is 4.79. The smallest absolute Gasteiger partial charge is 0.328 e. The Balaban J connectivity index is 2.47. The van der Waals surface area contributed by atoms with Crippen LogP contribution in [0.1, 0.15) is 19.8 Å². The maximum Gasteiger partial charge on any atom is 0.328 e. The van der Waals surface area contributed by atoms with Crippen LogP contribution >= 0.6 is 0 Å². The van der Waals surface area contributed by atoms with Gasteiger partial charge in [0, 0.05) is 25.2 Å². The summed E-state index contributed by atoms with van der Waals surface area (Å²) in [5, 5.41) is 8.36. The van der Waals surface area contributed by atoms with E-state index in [1.807, 2.05) is 0 Å². The molecule has 0 aromatic rings. The highest BCUT2D eigenvalue weighted by Crippen LogP contribution is 2.15. The predicted molar refractivity (Wildman–Crippen MR) is 51.8 cm³/mol. The molecule has 1 amide bonds. The van der Waals surface area contributed by atoms with Crippen molar-refractivity contribution in [3.63, 3.8) is 0 Å². The topological polar surface area (TPSA) is 57.6 Å². The lowest BCUT2D eigenvalue weighted by atomic mass is 10.0. The summed E-state index contributed by atoms with van der Waals surface area (Å²) in [7, 11) is 0. The normalized spacial score (nSPS) is 22.6. The number of carbonyl (C=O) groups is 2. The summed E-state index contributed by atoms with van der Waals surface area (Å²) in [4.78, 5) is 23.3. The number of hydrogen-bond acceptors (Lipinski definition) is 2. The van der Waals surface area contributed by atoms with E-state index in [0.717, 1.165) is 38.1 Å². The lowest BCUT2D eigenvalue weighted by Gasteiger charge is -2.29. The van der Waals surface area contributed by atoms with Crippen molar-refractivity contribution in [2.24, 2.45) is 5.92 Å². The van der Waals surface area contributed by atoms with Crippen LogP contribution in [0.2, 0.25) is 0 Å². The lowest BCUT2D eigenvalue weighted by molar-refractivity contribution is -0.132. The van der Waals surface area contributed by atoms with E-state index in [1.165, 1.54) is 0 Å². The number of amides is 1. The largest absolute Gasteiger partial charge is 0.478 e. The van der Waals surface area contributed by atoms with E-state index < -0.39 is 5.97 Å². The van der Waals surface area contributed by atoms with Crippen LogP contribution in [0.3, 0.4) is 0 Å². The van der Waals surface area contributed by atoms with Gasteiger partial charge in [-0.3, -0.25) is 4.79 Å². The van der Waals surface area contributed by atoms with Crippen molar-refractivity contribution in [1.29, 1.82) is 0 Å². The van der Waals surface area contributed by atoms with Crippen molar-refractivity contribution >= 4 is 11.9 Å². The van der Waals surface area contributed by atoms with Gasteiger partial charge in [0.15, 0.2) is 0 Å². The van der Waals surface area contributed by atoms with Gasteiger partial charge in [-0.25, -0.2) is 4.79 Å². The third kappa shape index (κ3) is 3.20. The second-order valence-corrected chi connectivity index (χ2v) is 3.70. The SMILES string of the molecule is C[C@@H]1CCCN(C(=O)/C=C\C(=O)O)C1. The molecule has 14 heavy (non-hydrogen) atoms. The highest BCUT2D eigenvalue weighted by atomic mass is 16.4. The average molecular weight is 197 g/mol. The summed E-state index contributed by atoms with van der Waals surface area (Å²) in [6, 6.07) is 0. The quantitative estimate of drug-likeness (QED) is 0.669. The molecule has 0 saturated carbocycles. The van der Waals surface area contributed by atoms with Crippen molar-refractivity contribution in [3.8, 4) is 0 Å². The van der Waals surface area contributed by atoms with Crippen molar-refractivity contribution in [1.82, 2.24) is 4.90 Å². The molecule has 1 fully saturated rings. The number of nitrogens with zero attached hydrogens (tertiary/aromatic N) is 1.